The van der Waals surface area contributed by atoms with Gasteiger partial charge in [0.25, 0.3) is 0 Å². The Hall–Kier alpha value is -1.06. The zero-order valence-electron chi connectivity index (χ0n) is 8.89. The lowest BCUT2D eigenvalue weighted by molar-refractivity contribution is 0.0988. The van der Waals surface area contributed by atoms with Gasteiger partial charge in [-0.05, 0) is 17.7 Å². The average Bonchev–Trinajstić information content (AvgIpc) is 2.48. The molecule has 0 amide bonds. The normalized spacial score (nSPS) is 18.2. The van der Waals surface area contributed by atoms with E-state index in [2.05, 4.69) is 22.0 Å². The van der Waals surface area contributed by atoms with Gasteiger partial charge in [0, 0.05) is 15.4 Å². The van der Waals surface area contributed by atoms with Crippen molar-refractivity contribution in [2.24, 2.45) is 0 Å². The highest BCUT2D eigenvalue weighted by Crippen LogP contribution is 2.43. The second kappa shape index (κ2) is 4.31. The maximum atomic E-state index is 12.3. The summed E-state index contributed by atoms with van der Waals surface area (Å²) in [5.41, 5.74) is 1.86. The summed E-state index contributed by atoms with van der Waals surface area (Å²) < 4.78 is 0. The minimum atomic E-state index is -0.241. The van der Waals surface area contributed by atoms with Crippen LogP contribution in [0.3, 0.4) is 0 Å². The minimum absolute atomic E-state index is 0.137. The number of Topliss-reactive ketones (excluding diaryl/α,β-unsaturated/α-hetero) is 1. The molecule has 17 heavy (non-hydrogen) atoms. The number of hydrogen-bond acceptors (Lipinski definition) is 2. The molecule has 0 saturated heterocycles. The highest BCUT2D eigenvalue weighted by atomic mass is 79.9. The van der Waals surface area contributed by atoms with Gasteiger partial charge in [0.15, 0.2) is 5.78 Å². The summed E-state index contributed by atoms with van der Waals surface area (Å²) in [6, 6.07) is 15.8. The summed E-state index contributed by atoms with van der Waals surface area (Å²) in [5, 5.41) is 0. The van der Waals surface area contributed by atoms with E-state index < -0.39 is 0 Å². The van der Waals surface area contributed by atoms with Gasteiger partial charge in [-0.1, -0.05) is 64.1 Å². The first kappa shape index (κ1) is 11.1. The van der Waals surface area contributed by atoms with Crippen LogP contribution in [-0.2, 0) is 0 Å². The third kappa shape index (κ3) is 1.83. The van der Waals surface area contributed by atoms with E-state index >= 15 is 0 Å². The molecule has 0 N–H and O–H groups in total. The highest BCUT2D eigenvalue weighted by Gasteiger charge is 2.27. The van der Waals surface area contributed by atoms with Crippen molar-refractivity contribution >= 4 is 33.5 Å². The average molecular weight is 305 g/mol. The fourth-order valence-electron chi connectivity index (χ4n) is 1.94. The van der Waals surface area contributed by atoms with Crippen LogP contribution < -0.4 is 0 Å². The zero-order valence-corrected chi connectivity index (χ0v) is 11.3. The summed E-state index contributed by atoms with van der Waals surface area (Å²) in [5.74, 6) is 0.137. The molecular formula is C14H9BrOS. The van der Waals surface area contributed by atoms with Crippen LogP contribution in [0, 0.1) is 0 Å². The molecule has 0 aliphatic carbocycles. The SMILES string of the molecule is O=C1c2ccccc2Sc2ccccc2C1Br. The summed E-state index contributed by atoms with van der Waals surface area (Å²) in [7, 11) is 0. The zero-order chi connectivity index (χ0) is 11.8. The lowest BCUT2D eigenvalue weighted by Gasteiger charge is -2.08. The number of ketones is 1. The minimum Gasteiger partial charge on any atom is -0.292 e. The van der Waals surface area contributed by atoms with Crippen molar-refractivity contribution in [3.63, 3.8) is 0 Å². The third-order valence-corrected chi connectivity index (χ3v) is 4.87. The quantitative estimate of drug-likeness (QED) is 0.668. The van der Waals surface area contributed by atoms with Crippen molar-refractivity contribution in [3.8, 4) is 0 Å². The van der Waals surface area contributed by atoms with E-state index in [4.69, 9.17) is 0 Å². The third-order valence-electron chi connectivity index (χ3n) is 2.79. The van der Waals surface area contributed by atoms with Gasteiger partial charge in [0.1, 0.15) is 4.83 Å². The Bertz CT molecular complexity index is 594. The van der Waals surface area contributed by atoms with E-state index in [1.165, 1.54) is 0 Å². The smallest absolute Gasteiger partial charge is 0.182 e. The van der Waals surface area contributed by atoms with Crippen LogP contribution in [0.1, 0.15) is 20.7 Å². The molecule has 2 aromatic rings. The largest absolute Gasteiger partial charge is 0.292 e. The molecule has 2 aromatic carbocycles. The van der Waals surface area contributed by atoms with E-state index in [-0.39, 0.29) is 10.6 Å². The topological polar surface area (TPSA) is 17.1 Å². The molecule has 0 radical (unpaired) electrons. The van der Waals surface area contributed by atoms with Gasteiger partial charge in [-0.2, -0.15) is 0 Å². The monoisotopic (exact) mass is 304 g/mol. The summed E-state index contributed by atoms with van der Waals surface area (Å²) in [6.45, 7) is 0. The lowest BCUT2D eigenvalue weighted by Crippen LogP contribution is -2.06. The van der Waals surface area contributed by atoms with E-state index in [9.17, 15) is 4.79 Å². The number of hydrogen-bond donors (Lipinski definition) is 0. The molecule has 1 unspecified atom stereocenters. The molecule has 3 heteroatoms. The standard InChI is InChI=1S/C14H9BrOS/c15-13-9-5-1-3-7-11(9)17-12-8-4-2-6-10(12)14(13)16/h1-8,13H. The van der Waals surface area contributed by atoms with Crippen LogP contribution in [0.4, 0.5) is 0 Å². The first-order chi connectivity index (χ1) is 8.27. The van der Waals surface area contributed by atoms with Gasteiger partial charge in [-0.15, -0.1) is 0 Å². The molecule has 1 aliphatic rings. The van der Waals surface area contributed by atoms with E-state index in [0.717, 1.165) is 20.9 Å². The summed E-state index contributed by atoms with van der Waals surface area (Å²) in [4.78, 5) is 14.3. The molecule has 84 valence electrons. The Morgan fingerprint density at radius 2 is 1.59 bits per heavy atom. The van der Waals surface area contributed by atoms with Crippen molar-refractivity contribution in [1.29, 1.82) is 0 Å². The van der Waals surface area contributed by atoms with Crippen molar-refractivity contribution in [2.45, 2.75) is 14.6 Å². The molecule has 0 spiro atoms. The van der Waals surface area contributed by atoms with E-state index in [1.807, 2.05) is 42.5 Å². The molecule has 1 atom stereocenters. The number of halogens is 1. The highest BCUT2D eigenvalue weighted by molar-refractivity contribution is 9.09. The predicted octanol–water partition coefficient (Wildman–Crippen LogP) is 4.47. The maximum absolute atomic E-state index is 12.3. The summed E-state index contributed by atoms with van der Waals surface area (Å²) >= 11 is 5.17. The number of rotatable bonds is 0. The number of benzene rings is 2. The fraction of sp³-hybridized carbons (Fsp3) is 0.0714. The Morgan fingerprint density at radius 1 is 0.941 bits per heavy atom. The van der Waals surface area contributed by atoms with Crippen molar-refractivity contribution in [1.82, 2.24) is 0 Å². The van der Waals surface area contributed by atoms with Gasteiger partial charge in [0.2, 0.25) is 0 Å². The number of alkyl halides is 1. The van der Waals surface area contributed by atoms with Crippen LogP contribution in [0.5, 0.6) is 0 Å². The van der Waals surface area contributed by atoms with Crippen molar-refractivity contribution in [2.75, 3.05) is 0 Å². The van der Waals surface area contributed by atoms with Crippen LogP contribution in [0.25, 0.3) is 0 Å². The Labute approximate surface area is 112 Å². The molecule has 0 bridgehead atoms. The number of fused-ring (bicyclic) bond motifs is 2. The molecule has 0 saturated carbocycles. The molecule has 0 fully saturated rings. The molecule has 0 aromatic heterocycles. The molecule has 1 heterocycles. The van der Waals surface area contributed by atoms with Crippen LogP contribution in [0.2, 0.25) is 0 Å². The van der Waals surface area contributed by atoms with Gasteiger partial charge in [0.05, 0.1) is 0 Å². The molecule has 1 aliphatic heterocycles. The van der Waals surface area contributed by atoms with Crippen LogP contribution >= 0.6 is 27.7 Å². The van der Waals surface area contributed by atoms with Crippen molar-refractivity contribution in [3.05, 3.63) is 59.7 Å². The van der Waals surface area contributed by atoms with Crippen LogP contribution in [-0.4, -0.2) is 5.78 Å². The Balaban J connectivity index is 2.24. The molecular weight excluding hydrogens is 296 g/mol. The van der Waals surface area contributed by atoms with E-state index in [1.54, 1.807) is 11.8 Å². The predicted molar refractivity (Wildman–Crippen MR) is 73.0 cm³/mol. The van der Waals surface area contributed by atoms with Gasteiger partial charge < -0.3 is 0 Å². The molecule has 1 nitrogen and oxygen atoms in total. The van der Waals surface area contributed by atoms with E-state index in [0.29, 0.717) is 0 Å². The fourth-order valence-corrected chi connectivity index (χ4v) is 3.85. The summed E-state index contributed by atoms with van der Waals surface area (Å²) in [6.07, 6.45) is 0. The first-order valence-corrected chi connectivity index (χ1v) is 7.04. The Kier molecular flexibility index (Phi) is 2.81. The molecule has 3 rings (SSSR count). The van der Waals surface area contributed by atoms with Gasteiger partial charge in [-0.3, -0.25) is 4.79 Å². The Morgan fingerprint density at radius 3 is 2.41 bits per heavy atom. The maximum Gasteiger partial charge on any atom is 0.182 e. The second-order valence-corrected chi connectivity index (χ2v) is 5.86. The lowest BCUT2D eigenvalue weighted by atomic mass is 10.0. The second-order valence-electron chi connectivity index (χ2n) is 3.86. The number of carbonyl (C=O) groups excluding carboxylic acids is 1. The first-order valence-electron chi connectivity index (χ1n) is 5.31. The number of carbonyl (C=O) groups is 1. The van der Waals surface area contributed by atoms with Gasteiger partial charge in [-0.25, -0.2) is 0 Å². The van der Waals surface area contributed by atoms with Crippen LogP contribution in [0.15, 0.2) is 58.3 Å². The van der Waals surface area contributed by atoms with Gasteiger partial charge >= 0.3 is 0 Å². The van der Waals surface area contributed by atoms with Crippen molar-refractivity contribution < 1.29 is 4.79 Å².